The highest BCUT2D eigenvalue weighted by atomic mass is 79.9. The number of rotatable bonds is 2. The molecule has 0 saturated carbocycles. The predicted molar refractivity (Wildman–Crippen MR) is 128 cm³/mol. The summed E-state index contributed by atoms with van der Waals surface area (Å²) >= 11 is 4.78. The summed E-state index contributed by atoms with van der Waals surface area (Å²) in [7, 11) is 0. The summed E-state index contributed by atoms with van der Waals surface area (Å²) in [6.45, 7) is 1.51. The summed E-state index contributed by atoms with van der Waals surface area (Å²) < 4.78 is 7.21. The van der Waals surface area contributed by atoms with E-state index in [1.165, 1.54) is 18.7 Å². The summed E-state index contributed by atoms with van der Waals surface area (Å²) in [6.07, 6.45) is 1.14. The van der Waals surface area contributed by atoms with Gasteiger partial charge in [0.1, 0.15) is 11.5 Å². The Morgan fingerprint density at radius 1 is 1.12 bits per heavy atom. The second-order valence-electron chi connectivity index (χ2n) is 7.41. The fourth-order valence-corrected chi connectivity index (χ4v) is 4.74. The number of thioether (sulfide) groups is 1. The second kappa shape index (κ2) is 8.14. The van der Waals surface area contributed by atoms with Crippen molar-refractivity contribution < 1.29 is 14.0 Å². The second-order valence-corrected chi connectivity index (χ2v) is 9.12. The molecule has 3 heterocycles. The molecule has 2 unspecified atom stereocenters. The Balaban J connectivity index is 1.67. The quantitative estimate of drug-likeness (QED) is 0.531. The Morgan fingerprint density at radius 2 is 1.88 bits per heavy atom. The van der Waals surface area contributed by atoms with Crippen molar-refractivity contribution >= 4 is 50.4 Å². The minimum Gasteiger partial charge on any atom is -0.457 e. The first-order valence-corrected chi connectivity index (χ1v) is 12.0. The van der Waals surface area contributed by atoms with Gasteiger partial charge < -0.3 is 9.73 Å². The molecule has 0 fully saturated rings. The monoisotopic (exact) mass is 510 g/mol. The van der Waals surface area contributed by atoms with Crippen LogP contribution in [0.5, 0.6) is 0 Å². The van der Waals surface area contributed by atoms with E-state index in [1.807, 2.05) is 66.9 Å². The van der Waals surface area contributed by atoms with Gasteiger partial charge in [-0.2, -0.15) is 0 Å². The molecule has 32 heavy (non-hydrogen) atoms. The third-order valence-corrected chi connectivity index (χ3v) is 6.58. The summed E-state index contributed by atoms with van der Waals surface area (Å²) in [5.74, 6) is 0.831. The van der Waals surface area contributed by atoms with Crippen LogP contribution in [0.15, 0.2) is 74.7 Å². The number of hydrazone groups is 1. The van der Waals surface area contributed by atoms with Gasteiger partial charge >= 0.3 is 0 Å². The lowest BCUT2D eigenvalue weighted by atomic mass is 9.97. The summed E-state index contributed by atoms with van der Waals surface area (Å²) in [6, 6.07) is 18.2. The minimum atomic E-state index is -0.704. The maximum Gasteiger partial charge on any atom is 0.255 e. The molecule has 2 aliphatic heterocycles. The third-order valence-electron chi connectivity index (χ3n) is 5.48. The van der Waals surface area contributed by atoms with Crippen molar-refractivity contribution in [2.75, 3.05) is 11.2 Å². The van der Waals surface area contributed by atoms with Crippen LogP contribution in [-0.4, -0.2) is 28.2 Å². The van der Waals surface area contributed by atoms with Gasteiger partial charge in [-0.25, -0.2) is 5.01 Å². The third kappa shape index (κ3) is 3.41. The molecule has 2 atom stereocenters. The van der Waals surface area contributed by atoms with Gasteiger partial charge in [-0.15, -0.1) is 5.10 Å². The Bertz CT molecular complexity index is 1240. The van der Waals surface area contributed by atoms with E-state index in [9.17, 15) is 9.59 Å². The predicted octanol–water partition coefficient (Wildman–Crippen LogP) is 4.88. The van der Waals surface area contributed by atoms with Crippen LogP contribution in [0.25, 0.3) is 11.3 Å². The van der Waals surface area contributed by atoms with E-state index >= 15 is 0 Å². The number of amides is 2. The molecule has 3 aromatic rings. The molecule has 0 spiro atoms. The fourth-order valence-electron chi connectivity index (χ4n) is 4.10. The van der Waals surface area contributed by atoms with Gasteiger partial charge in [-0.3, -0.25) is 14.5 Å². The number of anilines is 1. The topological polar surface area (TPSA) is 78.2 Å². The largest absolute Gasteiger partial charge is 0.457 e. The van der Waals surface area contributed by atoms with Crippen LogP contribution in [0.2, 0.25) is 0 Å². The van der Waals surface area contributed by atoms with Crippen LogP contribution in [0, 0.1) is 0 Å². The normalized spacial score (nSPS) is 19.7. The van der Waals surface area contributed by atoms with Gasteiger partial charge in [0.15, 0.2) is 17.4 Å². The van der Waals surface area contributed by atoms with Crippen molar-refractivity contribution in [3.8, 4) is 11.3 Å². The standard InChI is InChI=1S/C23H19BrN4O3S/c1-13(29)27-17-6-4-3-5-16(17)20-21(30)25-23(32-2)26-28(20)22(27)19-12-11-18(31-19)14-7-9-15(24)10-8-14/h3-12,20,22H,1-2H3,(H,25,26,30). The molecular weight excluding hydrogens is 492 g/mol. The van der Waals surface area contributed by atoms with Gasteiger partial charge in [-0.1, -0.05) is 58.0 Å². The average molecular weight is 511 g/mol. The van der Waals surface area contributed by atoms with Crippen LogP contribution in [0.1, 0.15) is 30.5 Å². The molecule has 7 nitrogen and oxygen atoms in total. The lowest BCUT2D eigenvalue weighted by Crippen LogP contribution is -2.55. The molecule has 9 heteroatoms. The van der Waals surface area contributed by atoms with E-state index in [0.717, 1.165) is 15.6 Å². The van der Waals surface area contributed by atoms with Crippen LogP contribution >= 0.6 is 27.7 Å². The molecular formula is C23H19BrN4O3S. The number of nitrogens with one attached hydrogen (secondary N) is 1. The lowest BCUT2D eigenvalue weighted by molar-refractivity contribution is -0.130. The molecule has 0 aliphatic carbocycles. The van der Waals surface area contributed by atoms with Crippen molar-refractivity contribution in [1.82, 2.24) is 10.3 Å². The molecule has 2 amide bonds. The summed E-state index contributed by atoms with van der Waals surface area (Å²) in [5.41, 5.74) is 2.30. The van der Waals surface area contributed by atoms with Gasteiger partial charge in [0.05, 0.1) is 5.69 Å². The first-order chi connectivity index (χ1) is 15.5. The minimum absolute atomic E-state index is 0.172. The van der Waals surface area contributed by atoms with Gasteiger partial charge in [0.25, 0.3) is 5.91 Å². The molecule has 0 radical (unpaired) electrons. The van der Waals surface area contributed by atoms with Crippen molar-refractivity contribution in [1.29, 1.82) is 0 Å². The number of furan rings is 1. The van der Waals surface area contributed by atoms with E-state index in [-0.39, 0.29) is 11.8 Å². The fraction of sp³-hybridized carbons (Fsp3) is 0.174. The van der Waals surface area contributed by atoms with E-state index in [1.54, 1.807) is 9.91 Å². The number of hydrogen-bond donors (Lipinski definition) is 1. The van der Waals surface area contributed by atoms with Crippen molar-refractivity contribution in [2.45, 2.75) is 19.1 Å². The van der Waals surface area contributed by atoms with E-state index in [4.69, 9.17) is 4.42 Å². The number of benzene rings is 2. The SMILES string of the molecule is CSC1=NN2C(C(=O)N1)c1ccccc1N(C(C)=O)C2c1ccc(-c2ccc(Br)cc2)o1. The lowest BCUT2D eigenvalue weighted by Gasteiger charge is -2.47. The van der Waals surface area contributed by atoms with E-state index < -0.39 is 12.2 Å². The highest BCUT2D eigenvalue weighted by Gasteiger charge is 2.47. The van der Waals surface area contributed by atoms with E-state index in [2.05, 4.69) is 26.3 Å². The first kappa shape index (κ1) is 20.8. The number of amidine groups is 1. The number of carbonyl (C=O) groups excluding carboxylic acids is 2. The molecule has 1 aromatic heterocycles. The Hall–Kier alpha value is -3.04. The van der Waals surface area contributed by atoms with Crippen LogP contribution in [0.3, 0.4) is 0 Å². The molecule has 1 N–H and O–H groups in total. The Labute approximate surface area is 197 Å². The van der Waals surface area contributed by atoms with Crippen molar-refractivity contribution in [3.63, 3.8) is 0 Å². The molecule has 162 valence electrons. The molecule has 2 aliphatic rings. The average Bonchev–Trinajstić information content (AvgIpc) is 3.27. The smallest absolute Gasteiger partial charge is 0.255 e. The number of nitrogens with zero attached hydrogens (tertiary/aromatic N) is 3. The van der Waals surface area contributed by atoms with Crippen LogP contribution in [0.4, 0.5) is 5.69 Å². The molecule has 0 saturated heterocycles. The zero-order chi connectivity index (χ0) is 22.4. The van der Waals surface area contributed by atoms with Crippen molar-refractivity contribution in [3.05, 3.63) is 76.5 Å². The zero-order valence-electron chi connectivity index (χ0n) is 17.3. The summed E-state index contributed by atoms with van der Waals surface area (Å²) in [5, 5.41) is 9.67. The molecule has 5 rings (SSSR count). The molecule has 2 aromatic carbocycles. The van der Waals surface area contributed by atoms with Crippen molar-refractivity contribution in [2.24, 2.45) is 5.10 Å². The van der Waals surface area contributed by atoms with Crippen LogP contribution in [-0.2, 0) is 9.59 Å². The number of halogens is 1. The first-order valence-electron chi connectivity index (χ1n) is 9.94. The number of para-hydroxylation sites is 1. The van der Waals surface area contributed by atoms with E-state index in [0.29, 0.717) is 22.4 Å². The highest BCUT2D eigenvalue weighted by Crippen LogP contribution is 2.47. The summed E-state index contributed by atoms with van der Waals surface area (Å²) in [4.78, 5) is 27.6. The number of carbonyl (C=O) groups is 2. The maximum absolute atomic E-state index is 13.1. The zero-order valence-corrected chi connectivity index (χ0v) is 19.7. The number of hydrogen-bond acceptors (Lipinski definition) is 6. The number of fused-ring (bicyclic) bond motifs is 3. The highest BCUT2D eigenvalue weighted by molar-refractivity contribution is 9.10. The maximum atomic E-state index is 13.1. The Morgan fingerprint density at radius 3 is 2.59 bits per heavy atom. The van der Waals surface area contributed by atoms with Gasteiger partial charge in [0, 0.05) is 22.5 Å². The van der Waals surface area contributed by atoms with Crippen LogP contribution < -0.4 is 10.2 Å². The van der Waals surface area contributed by atoms with Gasteiger partial charge in [-0.05, 0) is 36.6 Å². The molecule has 0 bridgehead atoms. The Kier molecular flexibility index (Phi) is 5.30. The van der Waals surface area contributed by atoms with Gasteiger partial charge in [0.2, 0.25) is 5.91 Å².